The molecule has 0 saturated carbocycles. The standard InChI is InChI=1S/C19H22N2O2/c1-3-15-7-4-5-10-18(15)21-19(23)11-12-20-17-9-6-8-16(13-17)14(2)22/h4-10,13,20H,3,11-12H2,1-2H3,(H,21,23). The number of aryl methyl sites for hydroxylation is 1. The van der Waals surface area contributed by atoms with E-state index >= 15 is 0 Å². The van der Waals surface area contributed by atoms with Crippen LogP contribution in [0.4, 0.5) is 11.4 Å². The van der Waals surface area contributed by atoms with Crippen molar-refractivity contribution in [1.82, 2.24) is 0 Å². The van der Waals surface area contributed by atoms with Gasteiger partial charge in [0.05, 0.1) is 0 Å². The van der Waals surface area contributed by atoms with E-state index < -0.39 is 0 Å². The van der Waals surface area contributed by atoms with Crippen LogP contribution in [-0.2, 0) is 11.2 Å². The minimum absolute atomic E-state index is 0.0267. The molecule has 0 atom stereocenters. The third-order valence-corrected chi connectivity index (χ3v) is 3.62. The van der Waals surface area contributed by atoms with Gasteiger partial charge in [-0.3, -0.25) is 9.59 Å². The SMILES string of the molecule is CCc1ccccc1NC(=O)CCNc1cccc(C(C)=O)c1. The van der Waals surface area contributed by atoms with Crippen LogP contribution in [0.5, 0.6) is 0 Å². The Morgan fingerprint density at radius 2 is 1.83 bits per heavy atom. The molecule has 0 aromatic heterocycles. The van der Waals surface area contributed by atoms with Gasteiger partial charge in [-0.25, -0.2) is 0 Å². The molecular weight excluding hydrogens is 288 g/mol. The van der Waals surface area contributed by atoms with Crippen LogP contribution in [0.25, 0.3) is 0 Å². The zero-order valence-corrected chi connectivity index (χ0v) is 13.6. The van der Waals surface area contributed by atoms with Gasteiger partial charge in [0.2, 0.25) is 5.91 Å². The van der Waals surface area contributed by atoms with Crippen molar-refractivity contribution in [2.75, 3.05) is 17.2 Å². The maximum Gasteiger partial charge on any atom is 0.226 e. The van der Waals surface area contributed by atoms with Crippen molar-refractivity contribution in [2.24, 2.45) is 0 Å². The summed E-state index contributed by atoms with van der Waals surface area (Å²) in [5.74, 6) is 0.00341. The minimum Gasteiger partial charge on any atom is -0.385 e. The second-order valence-electron chi connectivity index (χ2n) is 5.37. The fraction of sp³-hybridized carbons (Fsp3) is 0.263. The molecule has 0 heterocycles. The number of nitrogens with one attached hydrogen (secondary N) is 2. The van der Waals surface area contributed by atoms with Crippen molar-refractivity contribution < 1.29 is 9.59 Å². The lowest BCUT2D eigenvalue weighted by Crippen LogP contribution is -2.17. The highest BCUT2D eigenvalue weighted by molar-refractivity contribution is 5.95. The van der Waals surface area contributed by atoms with E-state index in [1.807, 2.05) is 36.4 Å². The fourth-order valence-electron chi connectivity index (χ4n) is 2.33. The van der Waals surface area contributed by atoms with Crippen molar-refractivity contribution in [3.63, 3.8) is 0 Å². The van der Waals surface area contributed by atoms with E-state index in [2.05, 4.69) is 17.6 Å². The number of carbonyl (C=O) groups is 2. The number of Topliss-reactive ketones (excluding diaryl/α,β-unsaturated/α-hetero) is 1. The van der Waals surface area contributed by atoms with Gasteiger partial charge in [-0.05, 0) is 37.1 Å². The van der Waals surface area contributed by atoms with Crippen molar-refractivity contribution in [3.05, 3.63) is 59.7 Å². The number of hydrogen-bond acceptors (Lipinski definition) is 3. The Bertz CT molecular complexity index is 695. The molecule has 2 aromatic rings. The molecule has 0 aliphatic heterocycles. The first-order chi connectivity index (χ1) is 11.1. The monoisotopic (exact) mass is 310 g/mol. The molecule has 0 aliphatic rings. The summed E-state index contributed by atoms with van der Waals surface area (Å²) in [5, 5.41) is 6.12. The van der Waals surface area contributed by atoms with Gasteiger partial charge in [-0.1, -0.05) is 37.3 Å². The van der Waals surface area contributed by atoms with Gasteiger partial charge in [-0.15, -0.1) is 0 Å². The molecule has 0 fully saturated rings. The summed E-state index contributed by atoms with van der Waals surface area (Å²) in [6.45, 7) is 4.12. The lowest BCUT2D eigenvalue weighted by Gasteiger charge is -2.11. The van der Waals surface area contributed by atoms with Crippen molar-refractivity contribution in [3.8, 4) is 0 Å². The zero-order chi connectivity index (χ0) is 16.7. The summed E-state index contributed by atoms with van der Waals surface area (Å²) >= 11 is 0. The van der Waals surface area contributed by atoms with E-state index in [-0.39, 0.29) is 11.7 Å². The van der Waals surface area contributed by atoms with Crippen molar-refractivity contribution in [1.29, 1.82) is 0 Å². The third kappa shape index (κ3) is 4.95. The van der Waals surface area contributed by atoms with E-state index in [9.17, 15) is 9.59 Å². The maximum absolute atomic E-state index is 12.0. The molecule has 0 unspecified atom stereocenters. The molecule has 120 valence electrons. The number of ketones is 1. The molecule has 0 spiro atoms. The van der Waals surface area contributed by atoms with Gasteiger partial charge in [0.15, 0.2) is 5.78 Å². The third-order valence-electron chi connectivity index (χ3n) is 3.62. The molecule has 1 amide bonds. The molecule has 0 radical (unpaired) electrons. The van der Waals surface area contributed by atoms with Crippen LogP contribution in [0.2, 0.25) is 0 Å². The number of carbonyl (C=O) groups excluding carboxylic acids is 2. The Labute approximate surface area is 136 Å². The minimum atomic E-state index is -0.0267. The number of hydrogen-bond donors (Lipinski definition) is 2. The zero-order valence-electron chi connectivity index (χ0n) is 13.6. The normalized spacial score (nSPS) is 10.2. The van der Waals surface area contributed by atoms with E-state index in [1.165, 1.54) is 6.92 Å². The number of rotatable bonds is 7. The number of anilines is 2. The van der Waals surface area contributed by atoms with Gasteiger partial charge >= 0.3 is 0 Å². The van der Waals surface area contributed by atoms with Crippen LogP contribution in [0.15, 0.2) is 48.5 Å². The molecule has 0 saturated heterocycles. The van der Waals surface area contributed by atoms with Gasteiger partial charge in [0.1, 0.15) is 0 Å². The van der Waals surface area contributed by atoms with Crippen LogP contribution < -0.4 is 10.6 Å². The highest BCUT2D eigenvalue weighted by Crippen LogP contribution is 2.16. The summed E-state index contributed by atoms with van der Waals surface area (Å²) in [5.41, 5.74) is 3.51. The predicted molar refractivity (Wildman–Crippen MR) is 94.0 cm³/mol. The highest BCUT2D eigenvalue weighted by Gasteiger charge is 2.06. The topological polar surface area (TPSA) is 58.2 Å². The molecule has 0 aliphatic carbocycles. The van der Waals surface area contributed by atoms with Gasteiger partial charge < -0.3 is 10.6 Å². The summed E-state index contributed by atoms with van der Waals surface area (Å²) in [6, 6.07) is 15.1. The largest absolute Gasteiger partial charge is 0.385 e. The highest BCUT2D eigenvalue weighted by atomic mass is 16.1. The Morgan fingerprint density at radius 1 is 1.04 bits per heavy atom. The van der Waals surface area contributed by atoms with E-state index in [1.54, 1.807) is 12.1 Å². The van der Waals surface area contributed by atoms with Crippen LogP contribution in [0, 0.1) is 0 Å². The summed E-state index contributed by atoms with van der Waals surface area (Å²) in [7, 11) is 0. The van der Waals surface area contributed by atoms with Gasteiger partial charge in [0, 0.05) is 29.9 Å². The fourth-order valence-corrected chi connectivity index (χ4v) is 2.33. The Balaban J connectivity index is 1.85. The molecule has 0 bridgehead atoms. The maximum atomic E-state index is 12.0. The number of para-hydroxylation sites is 1. The molecule has 2 rings (SSSR count). The van der Waals surface area contributed by atoms with Crippen molar-refractivity contribution >= 4 is 23.1 Å². The van der Waals surface area contributed by atoms with E-state index in [4.69, 9.17) is 0 Å². The Morgan fingerprint density at radius 3 is 2.57 bits per heavy atom. The molecular formula is C19H22N2O2. The number of amides is 1. The lowest BCUT2D eigenvalue weighted by molar-refractivity contribution is -0.115. The average molecular weight is 310 g/mol. The number of benzene rings is 2. The van der Waals surface area contributed by atoms with E-state index in [0.717, 1.165) is 23.4 Å². The van der Waals surface area contributed by atoms with Crippen LogP contribution in [0.1, 0.15) is 36.2 Å². The van der Waals surface area contributed by atoms with Gasteiger partial charge in [-0.2, -0.15) is 0 Å². The Kier molecular flexibility index (Phi) is 5.92. The second kappa shape index (κ2) is 8.13. The first-order valence-electron chi connectivity index (χ1n) is 7.82. The first-order valence-corrected chi connectivity index (χ1v) is 7.82. The summed E-state index contributed by atoms with van der Waals surface area (Å²) in [6.07, 6.45) is 1.24. The quantitative estimate of drug-likeness (QED) is 0.763. The van der Waals surface area contributed by atoms with Crippen LogP contribution in [0.3, 0.4) is 0 Å². The predicted octanol–water partition coefficient (Wildman–Crippen LogP) is 3.89. The Hall–Kier alpha value is -2.62. The van der Waals surface area contributed by atoms with Gasteiger partial charge in [0.25, 0.3) is 0 Å². The van der Waals surface area contributed by atoms with Crippen LogP contribution in [-0.4, -0.2) is 18.2 Å². The summed E-state index contributed by atoms with van der Waals surface area (Å²) < 4.78 is 0. The molecule has 2 aromatic carbocycles. The van der Waals surface area contributed by atoms with E-state index in [0.29, 0.717) is 18.5 Å². The lowest BCUT2D eigenvalue weighted by atomic mass is 10.1. The van der Waals surface area contributed by atoms with Crippen molar-refractivity contribution in [2.45, 2.75) is 26.7 Å². The average Bonchev–Trinajstić information content (AvgIpc) is 2.55. The molecule has 2 N–H and O–H groups in total. The smallest absolute Gasteiger partial charge is 0.226 e. The molecule has 4 nitrogen and oxygen atoms in total. The van der Waals surface area contributed by atoms with Crippen LogP contribution >= 0.6 is 0 Å². The summed E-state index contributed by atoms with van der Waals surface area (Å²) in [4.78, 5) is 23.4. The molecule has 23 heavy (non-hydrogen) atoms. The second-order valence-corrected chi connectivity index (χ2v) is 5.37. The first kappa shape index (κ1) is 16.7. The molecule has 4 heteroatoms.